The van der Waals surface area contributed by atoms with Gasteiger partial charge in [0, 0.05) is 58.2 Å². The van der Waals surface area contributed by atoms with Gasteiger partial charge in [0.25, 0.3) is 0 Å². The van der Waals surface area contributed by atoms with E-state index in [1.54, 1.807) is 21.3 Å². The number of benzene rings is 2. The number of methoxy groups -OCH3 is 3. The van der Waals surface area contributed by atoms with Crippen LogP contribution in [0.4, 0.5) is 0 Å². The van der Waals surface area contributed by atoms with Crippen molar-refractivity contribution in [2.75, 3.05) is 21.3 Å². The van der Waals surface area contributed by atoms with E-state index in [0.717, 1.165) is 21.3 Å². The molecule has 3 nitrogen and oxygen atoms in total. The van der Waals surface area contributed by atoms with Crippen molar-refractivity contribution in [3.8, 4) is 17.2 Å². The Morgan fingerprint density at radius 1 is 0.818 bits per heavy atom. The molecule has 0 spiro atoms. The van der Waals surface area contributed by atoms with Crippen molar-refractivity contribution < 1.29 is 14.2 Å². The SMILES string of the molecule is COc1ccc(C=Cc2cc(Br)c(OC)c(OC)c2)cc1.[Rb]. The first kappa shape index (κ1) is 19.9. The average Bonchev–Trinajstić information content (AvgIpc) is 2.52. The van der Waals surface area contributed by atoms with Crippen molar-refractivity contribution in [3.05, 3.63) is 52.0 Å². The maximum absolute atomic E-state index is 5.33. The molecule has 2 rings (SSSR count). The van der Waals surface area contributed by atoms with Gasteiger partial charge in [-0.05, 0) is 51.3 Å². The maximum Gasteiger partial charge on any atom is 0.174 e. The Morgan fingerprint density at radius 2 is 1.45 bits per heavy atom. The minimum Gasteiger partial charge on any atom is -0.497 e. The van der Waals surface area contributed by atoms with Gasteiger partial charge in [-0.25, -0.2) is 0 Å². The molecule has 0 bridgehead atoms. The molecule has 2 aromatic rings. The van der Waals surface area contributed by atoms with E-state index in [0.29, 0.717) is 11.5 Å². The minimum atomic E-state index is 0. The molecule has 0 heterocycles. The standard InChI is InChI=1S/C17H17BrO3.Rb/c1-19-14-8-6-12(7-9-14)4-5-13-10-15(18)17(21-3)16(11-13)20-2;/h4-11H,1-3H3;. The maximum atomic E-state index is 5.33. The first-order chi connectivity index (χ1) is 10.2. The summed E-state index contributed by atoms with van der Waals surface area (Å²) in [6.45, 7) is 0. The zero-order chi connectivity index (χ0) is 15.2. The van der Waals surface area contributed by atoms with Gasteiger partial charge in [0.1, 0.15) is 5.75 Å². The third-order valence-electron chi connectivity index (χ3n) is 3.04. The van der Waals surface area contributed by atoms with Gasteiger partial charge >= 0.3 is 0 Å². The summed E-state index contributed by atoms with van der Waals surface area (Å²) in [6.07, 6.45) is 4.06. The Hall–Kier alpha value is -0.135. The van der Waals surface area contributed by atoms with Crippen molar-refractivity contribution in [2.45, 2.75) is 0 Å². The summed E-state index contributed by atoms with van der Waals surface area (Å²) >= 11 is 3.49. The molecular formula is C17H17BrO3Rb. The summed E-state index contributed by atoms with van der Waals surface area (Å²) in [5.74, 6) is 2.24. The molecule has 22 heavy (non-hydrogen) atoms. The number of hydrogen-bond donors (Lipinski definition) is 0. The number of ether oxygens (including phenoxy) is 3. The molecule has 0 aliphatic heterocycles. The van der Waals surface area contributed by atoms with Crippen LogP contribution in [0.15, 0.2) is 40.9 Å². The fourth-order valence-electron chi connectivity index (χ4n) is 1.94. The smallest absolute Gasteiger partial charge is 0.174 e. The van der Waals surface area contributed by atoms with E-state index >= 15 is 0 Å². The average molecular weight is 435 g/mol. The van der Waals surface area contributed by atoms with Crippen molar-refractivity contribution in [3.63, 3.8) is 0 Å². The van der Waals surface area contributed by atoms with Crippen LogP contribution in [-0.4, -0.2) is 79.5 Å². The Balaban J connectivity index is 0.00000242. The van der Waals surface area contributed by atoms with Crippen molar-refractivity contribution >= 4 is 86.3 Å². The summed E-state index contributed by atoms with van der Waals surface area (Å²) in [5.41, 5.74) is 2.12. The molecule has 2 aromatic carbocycles. The van der Waals surface area contributed by atoms with Gasteiger partial charge in [-0.3, -0.25) is 0 Å². The van der Waals surface area contributed by atoms with E-state index in [9.17, 15) is 0 Å². The largest absolute Gasteiger partial charge is 0.497 e. The fraction of sp³-hybridized carbons (Fsp3) is 0.176. The second-order valence-corrected chi connectivity index (χ2v) is 5.20. The van der Waals surface area contributed by atoms with E-state index in [-0.39, 0.29) is 58.2 Å². The van der Waals surface area contributed by atoms with Gasteiger partial charge in [-0.2, -0.15) is 0 Å². The first-order valence-electron chi connectivity index (χ1n) is 6.41. The van der Waals surface area contributed by atoms with Crippen LogP contribution in [0.5, 0.6) is 17.2 Å². The molecule has 0 atom stereocenters. The molecule has 5 heteroatoms. The first-order valence-corrected chi connectivity index (χ1v) is 7.21. The normalized spacial score (nSPS) is 10.2. The van der Waals surface area contributed by atoms with Crippen LogP contribution in [0.3, 0.4) is 0 Å². The summed E-state index contributed by atoms with van der Waals surface area (Å²) in [7, 11) is 4.91. The van der Waals surface area contributed by atoms with Gasteiger partial charge in [0.2, 0.25) is 0 Å². The molecule has 0 amide bonds. The van der Waals surface area contributed by atoms with Crippen LogP contribution in [0.2, 0.25) is 0 Å². The van der Waals surface area contributed by atoms with Gasteiger partial charge in [0.15, 0.2) is 11.5 Å². The monoisotopic (exact) mass is 433 g/mol. The third kappa shape index (κ3) is 5.20. The number of hydrogen-bond acceptors (Lipinski definition) is 3. The van der Waals surface area contributed by atoms with E-state index in [1.165, 1.54) is 0 Å². The molecule has 0 saturated heterocycles. The second kappa shape index (κ2) is 9.88. The number of halogens is 1. The molecule has 0 aliphatic carbocycles. The Bertz CT molecular complexity index is 639. The zero-order valence-corrected chi connectivity index (χ0v) is 19.7. The van der Waals surface area contributed by atoms with Gasteiger partial charge < -0.3 is 14.2 Å². The summed E-state index contributed by atoms with van der Waals surface area (Å²) < 4.78 is 16.6. The van der Waals surface area contributed by atoms with E-state index in [2.05, 4.69) is 15.9 Å². The van der Waals surface area contributed by atoms with Crippen LogP contribution >= 0.6 is 15.9 Å². The molecule has 0 fully saturated rings. The van der Waals surface area contributed by atoms with E-state index in [4.69, 9.17) is 14.2 Å². The van der Waals surface area contributed by atoms with Gasteiger partial charge in [-0.15, -0.1) is 0 Å². The molecule has 0 unspecified atom stereocenters. The minimum absolute atomic E-state index is 0. The van der Waals surface area contributed by atoms with Crippen LogP contribution in [-0.2, 0) is 0 Å². The Labute approximate surface area is 188 Å². The van der Waals surface area contributed by atoms with E-state index in [1.807, 2.05) is 48.6 Å². The molecule has 0 saturated carbocycles. The topological polar surface area (TPSA) is 27.7 Å². The third-order valence-corrected chi connectivity index (χ3v) is 3.63. The molecule has 0 aliphatic rings. The molecule has 0 aromatic heterocycles. The van der Waals surface area contributed by atoms with Gasteiger partial charge in [0.05, 0.1) is 25.8 Å². The van der Waals surface area contributed by atoms with Crippen LogP contribution < -0.4 is 14.2 Å². The number of rotatable bonds is 5. The van der Waals surface area contributed by atoms with Crippen molar-refractivity contribution in [1.29, 1.82) is 0 Å². The predicted octanol–water partition coefficient (Wildman–Crippen LogP) is 4.26. The van der Waals surface area contributed by atoms with Crippen LogP contribution in [0.1, 0.15) is 11.1 Å². The molecule has 0 N–H and O–H groups in total. The summed E-state index contributed by atoms with van der Waals surface area (Å²) in [5, 5.41) is 0. The quantitative estimate of drug-likeness (QED) is 0.658. The summed E-state index contributed by atoms with van der Waals surface area (Å²) in [4.78, 5) is 0. The predicted molar refractivity (Wildman–Crippen MR) is 94.9 cm³/mol. The van der Waals surface area contributed by atoms with Crippen LogP contribution in [0, 0.1) is 0 Å². The van der Waals surface area contributed by atoms with Crippen molar-refractivity contribution in [1.82, 2.24) is 0 Å². The molecule has 1 radical (unpaired) electrons. The van der Waals surface area contributed by atoms with Gasteiger partial charge in [-0.1, -0.05) is 24.3 Å². The molecular weight excluding hydrogens is 418 g/mol. The molecule has 111 valence electrons. The fourth-order valence-corrected chi connectivity index (χ4v) is 2.56. The Kier molecular flexibility index (Phi) is 8.94. The van der Waals surface area contributed by atoms with Crippen LogP contribution in [0.25, 0.3) is 12.2 Å². The van der Waals surface area contributed by atoms with Crippen molar-refractivity contribution in [2.24, 2.45) is 0 Å². The van der Waals surface area contributed by atoms with E-state index < -0.39 is 0 Å². The zero-order valence-electron chi connectivity index (χ0n) is 13.2. The summed E-state index contributed by atoms with van der Waals surface area (Å²) in [6, 6.07) is 11.8. The Morgan fingerprint density at radius 3 is 2.00 bits per heavy atom. The second-order valence-electron chi connectivity index (χ2n) is 4.34.